The summed E-state index contributed by atoms with van der Waals surface area (Å²) in [5.74, 6) is -1.63. The molecule has 2 N–H and O–H groups in total. The molecule has 3 aromatic carbocycles. The van der Waals surface area contributed by atoms with Crippen LogP contribution in [0.25, 0.3) is 0 Å². The Labute approximate surface area is 213 Å². The van der Waals surface area contributed by atoms with E-state index in [0.717, 1.165) is 5.56 Å². The summed E-state index contributed by atoms with van der Waals surface area (Å²) >= 11 is 6.10. The van der Waals surface area contributed by atoms with Gasteiger partial charge in [0.2, 0.25) is 5.91 Å². The summed E-state index contributed by atoms with van der Waals surface area (Å²) in [6.07, 6.45) is -1.58. The number of hydrogen-bond donors (Lipinski definition) is 2. The van der Waals surface area contributed by atoms with Gasteiger partial charge in [0.25, 0.3) is 5.91 Å². The van der Waals surface area contributed by atoms with E-state index < -0.39 is 30.0 Å². The molecule has 9 heteroatoms. The first-order chi connectivity index (χ1) is 17.2. The molecule has 4 rings (SSSR count). The van der Waals surface area contributed by atoms with Gasteiger partial charge in [0, 0.05) is 16.8 Å². The predicted octanol–water partition coefficient (Wildman–Crippen LogP) is 5.32. The zero-order chi connectivity index (χ0) is 25.8. The monoisotopic (exact) mass is 509 g/mol. The molecule has 186 valence electrons. The van der Waals surface area contributed by atoms with Crippen LogP contribution in [0.3, 0.4) is 0 Å². The molecule has 0 aliphatic carbocycles. The van der Waals surface area contributed by atoms with E-state index in [1.54, 1.807) is 48.5 Å². The van der Waals surface area contributed by atoms with E-state index in [-0.39, 0.29) is 24.1 Å². The van der Waals surface area contributed by atoms with E-state index >= 15 is 0 Å². The number of rotatable bonds is 7. The molecule has 2 unspecified atom stereocenters. The lowest BCUT2D eigenvalue weighted by Crippen LogP contribution is -2.48. The lowest BCUT2D eigenvalue weighted by atomic mass is 9.99. The highest BCUT2D eigenvalue weighted by molar-refractivity contribution is 6.30. The van der Waals surface area contributed by atoms with Crippen LogP contribution in [0.1, 0.15) is 41.4 Å². The van der Waals surface area contributed by atoms with Crippen LogP contribution in [0.5, 0.6) is 0 Å². The average Bonchev–Trinajstić information content (AvgIpc) is 3.15. The summed E-state index contributed by atoms with van der Waals surface area (Å²) in [4.78, 5) is 40.1. The Hall–Kier alpha value is -3.91. The van der Waals surface area contributed by atoms with Gasteiger partial charge in [-0.25, -0.2) is 9.18 Å². The topological polar surface area (TPSA) is 87.7 Å². The number of nitrogens with zero attached hydrogens (tertiary/aromatic N) is 1. The van der Waals surface area contributed by atoms with Crippen molar-refractivity contribution in [3.8, 4) is 0 Å². The molecule has 1 saturated heterocycles. The number of hydrogen-bond acceptors (Lipinski definition) is 4. The summed E-state index contributed by atoms with van der Waals surface area (Å²) in [5.41, 5.74) is 1.52. The van der Waals surface area contributed by atoms with Crippen molar-refractivity contribution in [2.45, 2.75) is 38.6 Å². The number of carbonyl (C=O) groups excluding carboxylic acids is 3. The van der Waals surface area contributed by atoms with Gasteiger partial charge in [0.15, 0.2) is 12.1 Å². The van der Waals surface area contributed by atoms with Crippen molar-refractivity contribution in [2.75, 3.05) is 5.32 Å². The van der Waals surface area contributed by atoms with E-state index in [2.05, 4.69) is 10.6 Å². The summed E-state index contributed by atoms with van der Waals surface area (Å²) in [6.45, 7) is 3.77. The third kappa shape index (κ3) is 5.66. The van der Waals surface area contributed by atoms with Crippen molar-refractivity contribution in [1.82, 2.24) is 10.2 Å². The van der Waals surface area contributed by atoms with E-state index in [4.69, 9.17) is 16.3 Å². The molecule has 3 amide bonds. The first-order valence-corrected chi connectivity index (χ1v) is 11.8. The van der Waals surface area contributed by atoms with Gasteiger partial charge in [0.05, 0.1) is 12.1 Å². The number of carbonyl (C=O) groups is 3. The van der Waals surface area contributed by atoms with Gasteiger partial charge < -0.3 is 15.4 Å². The Morgan fingerprint density at radius 3 is 2.53 bits per heavy atom. The van der Waals surface area contributed by atoms with Gasteiger partial charge in [-0.1, -0.05) is 48.0 Å². The maximum atomic E-state index is 14.0. The highest BCUT2D eigenvalue weighted by atomic mass is 35.5. The number of anilines is 1. The smallest absolute Gasteiger partial charge is 0.411 e. The van der Waals surface area contributed by atoms with Crippen molar-refractivity contribution in [3.63, 3.8) is 0 Å². The predicted molar refractivity (Wildman–Crippen MR) is 134 cm³/mol. The number of nitrogens with one attached hydrogen (secondary N) is 2. The third-order valence-electron chi connectivity index (χ3n) is 5.62. The zero-order valence-corrected chi connectivity index (χ0v) is 20.5. The van der Waals surface area contributed by atoms with E-state index in [1.807, 2.05) is 19.9 Å². The summed E-state index contributed by atoms with van der Waals surface area (Å²) in [7, 11) is 0. The van der Waals surface area contributed by atoms with E-state index in [0.29, 0.717) is 16.3 Å². The molecular formula is C27H25ClFN3O4. The normalized spacial score (nSPS) is 17.1. The van der Waals surface area contributed by atoms with Gasteiger partial charge in [-0.3, -0.25) is 14.5 Å². The molecule has 0 saturated carbocycles. The Morgan fingerprint density at radius 1 is 1.06 bits per heavy atom. The summed E-state index contributed by atoms with van der Waals surface area (Å²) in [5, 5.41) is 6.03. The molecule has 1 fully saturated rings. The Balaban J connectivity index is 1.62. The number of amides is 3. The molecular weight excluding hydrogens is 485 g/mol. The molecule has 0 spiro atoms. The quantitative estimate of drug-likeness (QED) is 0.451. The molecule has 0 radical (unpaired) electrons. The molecule has 7 nitrogen and oxygen atoms in total. The highest BCUT2D eigenvalue weighted by Gasteiger charge is 2.47. The minimum atomic E-state index is -0.962. The maximum absolute atomic E-state index is 14.0. The van der Waals surface area contributed by atoms with Crippen LogP contribution in [-0.4, -0.2) is 34.9 Å². The van der Waals surface area contributed by atoms with Crippen LogP contribution in [-0.2, 0) is 16.1 Å². The second-order valence-corrected chi connectivity index (χ2v) is 9.17. The second-order valence-electron chi connectivity index (χ2n) is 8.73. The van der Waals surface area contributed by atoms with Crippen molar-refractivity contribution >= 4 is 35.2 Å². The minimum Gasteiger partial charge on any atom is -0.438 e. The van der Waals surface area contributed by atoms with E-state index in [9.17, 15) is 18.8 Å². The van der Waals surface area contributed by atoms with Crippen LogP contribution in [0.4, 0.5) is 14.9 Å². The minimum absolute atomic E-state index is 0.0999. The van der Waals surface area contributed by atoms with Crippen LogP contribution >= 0.6 is 11.6 Å². The van der Waals surface area contributed by atoms with Crippen molar-refractivity contribution < 1.29 is 23.5 Å². The zero-order valence-electron chi connectivity index (χ0n) is 19.7. The van der Waals surface area contributed by atoms with Crippen LogP contribution in [0.15, 0.2) is 72.8 Å². The Morgan fingerprint density at radius 2 is 1.81 bits per heavy atom. The molecule has 1 aliphatic rings. The molecule has 0 aromatic heterocycles. The van der Waals surface area contributed by atoms with Crippen molar-refractivity contribution in [3.05, 3.63) is 100 Å². The molecule has 3 aromatic rings. The molecule has 1 heterocycles. The lowest BCUT2D eigenvalue weighted by Gasteiger charge is -2.25. The van der Waals surface area contributed by atoms with Crippen LogP contribution in [0.2, 0.25) is 5.02 Å². The highest BCUT2D eigenvalue weighted by Crippen LogP contribution is 2.35. The largest absolute Gasteiger partial charge is 0.438 e. The summed E-state index contributed by atoms with van der Waals surface area (Å²) < 4.78 is 19.7. The molecule has 0 bridgehead atoms. The maximum Gasteiger partial charge on any atom is 0.411 e. The number of cyclic esters (lactones) is 1. The third-order valence-corrected chi connectivity index (χ3v) is 5.85. The second kappa shape index (κ2) is 10.8. The Bertz CT molecular complexity index is 1300. The van der Waals surface area contributed by atoms with Gasteiger partial charge in [-0.15, -0.1) is 0 Å². The van der Waals surface area contributed by atoms with E-state index in [1.165, 1.54) is 23.1 Å². The Kier molecular flexibility index (Phi) is 7.55. The fraction of sp³-hybridized carbons (Fsp3) is 0.222. The van der Waals surface area contributed by atoms with Crippen LogP contribution < -0.4 is 10.6 Å². The molecule has 36 heavy (non-hydrogen) atoms. The van der Waals surface area contributed by atoms with Gasteiger partial charge in [-0.2, -0.15) is 0 Å². The molecule has 2 atom stereocenters. The van der Waals surface area contributed by atoms with Crippen molar-refractivity contribution in [2.24, 2.45) is 0 Å². The fourth-order valence-corrected chi connectivity index (χ4v) is 4.26. The molecule has 1 aliphatic heterocycles. The van der Waals surface area contributed by atoms with Gasteiger partial charge >= 0.3 is 6.09 Å². The SMILES string of the molecule is CC(C)NC(=O)C1C(c2cccc(NC(=O)c3ccccc3F)c2)OC(=O)N1Cc1cccc(Cl)c1. The van der Waals surface area contributed by atoms with Crippen LogP contribution in [0, 0.1) is 5.82 Å². The summed E-state index contributed by atoms with van der Waals surface area (Å²) in [6, 6.07) is 18.2. The first-order valence-electron chi connectivity index (χ1n) is 11.4. The number of halogens is 2. The first kappa shape index (κ1) is 25.2. The lowest BCUT2D eigenvalue weighted by molar-refractivity contribution is -0.126. The standard InChI is InChI=1S/C27H25ClFN3O4/c1-16(2)30-26(34)23-24(36-27(35)32(23)15-17-7-5-9-19(28)13-17)18-8-6-10-20(14-18)31-25(33)21-11-3-4-12-22(21)29/h3-14,16,23-24H,15H2,1-2H3,(H,30,34)(H,31,33). The van der Waals surface area contributed by atoms with Gasteiger partial charge in [0.1, 0.15) is 5.82 Å². The number of benzene rings is 3. The average molecular weight is 510 g/mol. The number of ether oxygens (including phenoxy) is 1. The van der Waals surface area contributed by atoms with Gasteiger partial charge in [-0.05, 0) is 61.4 Å². The fourth-order valence-electron chi connectivity index (χ4n) is 4.05. The van der Waals surface area contributed by atoms with Crippen molar-refractivity contribution in [1.29, 1.82) is 0 Å².